The lowest BCUT2D eigenvalue weighted by Gasteiger charge is -2.37. The summed E-state index contributed by atoms with van der Waals surface area (Å²) in [4.78, 5) is 27.3. The summed E-state index contributed by atoms with van der Waals surface area (Å²) in [6.07, 6.45) is 0.908. The zero-order valence-corrected chi connectivity index (χ0v) is 23.0. The smallest absolute Gasteiger partial charge is 0.336 e. The van der Waals surface area contributed by atoms with Crippen LogP contribution in [-0.2, 0) is 14.3 Å². The van der Waals surface area contributed by atoms with Crippen LogP contribution >= 0.6 is 11.6 Å². The standard InChI is InChI=1S/C32H30ClNO6/c1-19-28(32(37)40-14-13-39-23-11-7-4-8-12-23)29(22-15-24(33)31(36)27(18-22)38-2)30-25(34-19)16-21(17-26(30)35)20-9-5-3-6-10-20/h3-12,15,18,21,29,34,36H,13-14,16-17H2,1-2H3/t21-,29-/m0/s1. The second-order valence-corrected chi connectivity index (χ2v) is 10.2. The minimum Gasteiger partial charge on any atom is -0.503 e. The highest BCUT2D eigenvalue weighted by Gasteiger charge is 2.42. The quantitative estimate of drug-likeness (QED) is 0.257. The molecule has 0 fully saturated rings. The number of aromatic hydroxyl groups is 1. The molecule has 7 nitrogen and oxygen atoms in total. The van der Waals surface area contributed by atoms with Crippen LogP contribution in [0.2, 0.25) is 5.02 Å². The van der Waals surface area contributed by atoms with E-state index >= 15 is 0 Å². The Morgan fingerprint density at radius 2 is 1.70 bits per heavy atom. The number of carbonyl (C=O) groups excluding carboxylic acids is 2. The number of para-hydroxylation sites is 1. The number of methoxy groups -OCH3 is 1. The van der Waals surface area contributed by atoms with Gasteiger partial charge in [0.2, 0.25) is 0 Å². The van der Waals surface area contributed by atoms with Crippen LogP contribution in [0.25, 0.3) is 0 Å². The summed E-state index contributed by atoms with van der Waals surface area (Å²) >= 11 is 6.36. The number of carbonyl (C=O) groups is 2. The van der Waals surface area contributed by atoms with E-state index in [2.05, 4.69) is 5.32 Å². The number of ketones is 1. The zero-order chi connectivity index (χ0) is 28.2. The summed E-state index contributed by atoms with van der Waals surface area (Å²) in [6.45, 7) is 1.99. The van der Waals surface area contributed by atoms with E-state index in [1.807, 2.05) is 60.7 Å². The number of dihydropyridines is 1. The van der Waals surface area contributed by atoms with Gasteiger partial charge in [-0.05, 0) is 54.7 Å². The molecule has 2 N–H and O–H groups in total. The van der Waals surface area contributed by atoms with Gasteiger partial charge in [0.15, 0.2) is 17.3 Å². The molecule has 0 spiro atoms. The Bertz CT molecular complexity index is 1480. The second-order valence-electron chi connectivity index (χ2n) is 9.78. The molecular weight excluding hydrogens is 530 g/mol. The molecule has 0 radical (unpaired) electrons. The monoisotopic (exact) mass is 559 g/mol. The Balaban J connectivity index is 1.48. The summed E-state index contributed by atoms with van der Waals surface area (Å²) in [5.74, 6) is -0.772. The summed E-state index contributed by atoms with van der Waals surface area (Å²) in [6, 6.07) is 22.4. The van der Waals surface area contributed by atoms with Gasteiger partial charge in [-0.25, -0.2) is 4.79 Å². The van der Waals surface area contributed by atoms with E-state index < -0.39 is 11.9 Å². The number of rotatable bonds is 8. The van der Waals surface area contributed by atoms with E-state index in [1.165, 1.54) is 7.11 Å². The molecule has 0 unspecified atom stereocenters. The lowest BCUT2D eigenvalue weighted by Crippen LogP contribution is -2.36. The Hall–Kier alpha value is -4.23. The van der Waals surface area contributed by atoms with E-state index in [4.69, 9.17) is 25.8 Å². The van der Waals surface area contributed by atoms with Crippen LogP contribution in [0, 0.1) is 0 Å². The minimum absolute atomic E-state index is 0.00924. The molecule has 0 aromatic heterocycles. The fourth-order valence-corrected chi connectivity index (χ4v) is 5.63. The molecule has 206 valence electrons. The van der Waals surface area contributed by atoms with Crippen molar-refractivity contribution in [2.75, 3.05) is 20.3 Å². The van der Waals surface area contributed by atoms with Gasteiger partial charge in [0.05, 0.1) is 17.7 Å². The summed E-state index contributed by atoms with van der Waals surface area (Å²) < 4.78 is 16.6. The number of ether oxygens (including phenoxy) is 3. The van der Waals surface area contributed by atoms with Gasteiger partial charge in [-0.3, -0.25) is 4.79 Å². The van der Waals surface area contributed by atoms with Crippen molar-refractivity contribution < 1.29 is 28.9 Å². The molecule has 8 heteroatoms. The molecular formula is C32H30ClNO6. The number of halogens is 1. The van der Waals surface area contributed by atoms with Crippen molar-refractivity contribution in [3.63, 3.8) is 0 Å². The number of allylic oxidation sites excluding steroid dienone is 3. The third kappa shape index (κ3) is 5.56. The Morgan fingerprint density at radius 3 is 2.40 bits per heavy atom. The average Bonchev–Trinajstić information content (AvgIpc) is 2.96. The molecule has 3 aromatic rings. The molecule has 5 rings (SSSR count). The Kier molecular flexibility index (Phi) is 8.12. The van der Waals surface area contributed by atoms with Gasteiger partial charge >= 0.3 is 5.97 Å². The van der Waals surface area contributed by atoms with E-state index in [0.29, 0.717) is 41.0 Å². The molecule has 0 bridgehead atoms. The molecule has 3 aromatic carbocycles. The average molecular weight is 560 g/mol. The van der Waals surface area contributed by atoms with Gasteiger partial charge in [-0.1, -0.05) is 60.1 Å². The van der Waals surface area contributed by atoms with Gasteiger partial charge < -0.3 is 24.6 Å². The van der Waals surface area contributed by atoms with Crippen LogP contribution in [0.3, 0.4) is 0 Å². The Labute approximate surface area is 238 Å². The highest BCUT2D eigenvalue weighted by atomic mass is 35.5. The van der Waals surface area contributed by atoms with Crippen LogP contribution in [0.15, 0.2) is 95.3 Å². The van der Waals surface area contributed by atoms with Gasteiger partial charge in [0.1, 0.15) is 19.0 Å². The summed E-state index contributed by atoms with van der Waals surface area (Å²) in [7, 11) is 1.42. The molecule has 2 atom stereocenters. The van der Waals surface area contributed by atoms with Crippen LogP contribution < -0.4 is 14.8 Å². The number of esters is 1. The van der Waals surface area contributed by atoms with E-state index in [0.717, 1.165) is 11.3 Å². The molecule has 0 saturated carbocycles. The van der Waals surface area contributed by atoms with E-state index in [1.54, 1.807) is 19.1 Å². The number of Topliss-reactive ketones (excluding diaryl/α,β-unsaturated/α-hetero) is 1. The predicted octanol–water partition coefficient (Wildman–Crippen LogP) is 6.04. The third-order valence-electron chi connectivity index (χ3n) is 7.25. The fourth-order valence-electron chi connectivity index (χ4n) is 5.41. The number of benzene rings is 3. The summed E-state index contributed by atoms with van der Waals surface area (Å²) in [5, 5.41) is 13.8. The molecule has 1 aliphatic carbocycles. The molecule has 0 saturated heterocycles. The van der Waals surface area contributed by atoms with Gasteiger partial charge in [0, 0.05) is 29.3 Å². The number of nitrogens with one attached hydrogen (secondary N) is 1. The van der Waals surface area contributed by atoms with E-state index in [9.17, 15) is 14.7 Å². The third-order valence-corrected chi connectivity index (χ3v) is 7.54. The summed E-state index contributed by atoms with van der Waals surface area (Å²) in [5.41, 5.74) is 3.78. The first-order valence-corrected chi connectivity index (χ1v) is 13.5. The van der Waals surface area contributed by atoms with Gasteiger partial charge in [0.25, 0.3) is 0 Å². The van der Waals surface area contributed by atoms with Crippen molar-refractivity contribution in [3.8, 4) is 17.2 Å². The number of hydrogen-bond acceptors (Lipinski definition) is 7. The van der Waals surface area contributed by atoms with Crippen molar-refractivity contribution in [3.05, 3.63) is 111 Å². The minimum atomic E-state index is -0.755. The lowest BCUT2D eigenvalue weighted by atomic mass is 9.71. The fraction of sp³-hybridized carbons (Fsp3) is 0.250. The molecule has 0 amide bonds. The highest BCUT2D eigenvalue weighted by Crippen LogP contribution is 2.48. The lowest BCUT2D eigenvalue weighted by molar-refractivity contribution is -0.140. The first-order chi connectivity index (χ1) is 19.4. The Morgan fingerprint density at radius 1 is 1.00 bits per heavy atom. The predicted molar refractivity (Wildman–Crippen MR) is 152 cm³/mol. The maximum Gasteiger partial charge on any atom is 0.336 e. The number of phenolic OH excluding ortho intramolecular Hbond substituents is 1. The normalized spacial score (nSPS) is 18.6. The first kappa shape index (κ1) is 27.3. The van der Waals surface area contributed by atoms with Crippen molar-refractivity contribution in [1.82, 2.24) is 5.32 Å². The number of hydrogen-bond donors (Lipinski definition) is 2. The van der Waals surface area contributed by atoms with Gasteiger partial charge in [-0.15, -0.1) is 0 Å². The molecule has 1 aliphatic heterocycles. The van der Waals surface area contributed by atoms with E-state index in [-0.39, 0.29) is 41.4 Å². The van der Waals surface area contributed by atoms with Crippen molar-refractivity contribution in [2.24, 2.45) is 0 Å². The van der Waals surface area contributed by atoms with Crippen molar-refractivity contribution >= 4 is 23.4 Å². The van der Waals surface area contributed by atoms with Crippen molar-refractivity contribution in [1.29, 1.82) is 0 Å². The van der Waals surface area contributed by atoms with Crippen LogP contribution in [-0.4, -0.2) is 37.2 Å². The maximum absolute atomic E-state index is 13.8. The van der Waals surface area contributed by atoms with Crippen LogP contribution in [0.5, 0.6) is 17.2 Å². The highest BCUT2D eigenvalue weighted by molar-refractivity contribution is 6.32. The zero-order valence-electron chi connectivity index (χ0n) is 22.3. The molecule has 40 heavy (non-hydrogen) atoms. The topological polar surface area (TPSA) is 94.1 Å². The first-order valence-electron chi connectivity index (χ1n) is 13.1. The number of phenols is 1. The van der Waals surface area contributed by atoms with Crippen LogP contribution in [0.1, 0.15) is 42.7 Å². The maximum atomic E-state index is 13.8. The SMILES string of the molecule is COc1cc([C@H]2C(C(=O)OCCOc3ccccc3)=C(C)NC3=C2C(=O)C[C@@H](c2ccccc2)C3)cc(Cl)c1O. The second kappa shape index (κ2) is 11.9. The largest absolute Gasteiger partial charge is 0.503 e. The molecule has 2 aliphatic rings. The van der Waals surface area contributed by atoms with Crippen LogP contribution in [0.4, 0.5) is 0 Å². The van der Waals surface area contributed by atoms with Crippen molar-refractivity contribution in [2.45, 2.75) is 31.6 Å². The molecule has 1 heterocycles. The van der Waals surface area contributed by atoms with Gasteiger partial charge in [-0.2, -0.15) is 0 Å².